The first-order valence-electron chi connectivity index (χ1n) is 5.01. The van der Waals surface area contributed by atoms with Gasteiger partial charge in [-0.05, 0) is 6.42 Å². The van der Waals surface area contributed by atoms with Crippen LogP contribution in [-0.2, 0) is 17.8 Å². The fraction of sp³-hybridized carbons (Fsp3) is 0.300. The first-order valence-corrected chi connectivity index (χ1v) is 5.01. The zero-order chi connectivity index (χ0) is 11.3. The van der Waals surface area contributed by atoms with Gasteiger partial charge >= 0.3 is 0 Å². The van der Waals surface area contributed by atoms with E-state index in [-0.39, 0.29) is 23.9 Å². The highest BCUT2D eigenvalue weighted by molar-refractivity contribution is 6.01. The van der Waals surface area contributed by atoms with Crippen LogP contribution in [0.3, 0.4) is 0 Å². The Bertz CT molecular complexity index is 573. The minimum absolute atomic E-state index is 0.0447. The second-order valence-corrected chi connectivity index (χ2v) is 3.86. The summed E-state index contributed by atoms with van der Waals surface area (Å²) in [7, 11) is 0. The number of pyridine rings is 1. The number of nitrogens with one attached hydrogen (secondary N) is 2. The van der Waals surface area contributed by atoms with Gasteiger partial charge in [0, 0.05) is 18.2 Å². The van der Waals surface area contributed by atoms with Crippen molar-refractivity contribution in [2.45, 2.75) is 13.0 Å². The Balaban J connectivity index is 2.31. The molecule has 0 unspecified atom stereocenters. The molecule has 16 heavy (non-hydrogen) atoms. The fourth-order valence-electron chi connectivity index (χ4n) is 2.16. The molecule has 2 N–H and O–H groups in total. The quantitative estimate of drug-likeness (QED) is 0.592. The largest absolute Gasteiger partial charge is 0.352 e. The molecule has 0 radical (unpaired) electrons. The molecule has 1 aromatic heterocycles. The number of rotatable bonds is 0. The predicted octanol–water partition coefficient (Wildman–Crippen LogP) is -0.914. The lowest BCUT2D eigenvalue weighted by Gasteiger charge is -2.18. The lowest BCUT2D eigenvalue weighted by molar-refractivity contribution is -0.115. The van der Waals surface area contributed by atoms with Gasteiger partial charge in [0.1, 0.15) is 12.4 Å². The van der Waals surface area contributed by atoms with Gasteiger partial charge in [0.2, 0.25) is 5.91 Å². The van der Waals surface area contributed by atoms with Crippen molar-refractivity contribution in [1.82, 2.24) is 9.88 Å². The van der Waals surface area contributed by atoms with Gasteiger partial charge in [0.05, 0.1) is 5.56 Å². The summed E-state index contributed by atoms with van der Waals surface area (Å²) < 4.78 is 1.37. The van der Waals surface area contributed by atoms with Crippen LogP contribution in [0.5, 0.6) is 0 Å². The zero-order valence-electron chi connectivity index (χ0n) is 8.37. The summed E-state index contributed by atoms with van der Waals surface area (Å²) in [5.41, 5.74) is 0.822. The lowest BCUT2D eigenvalue weighted by Crippen LogP contribution is -2.35. The third-order valence-corrected chi connectivity index (χ3v) is 2.88. The second-order valence-electron chi connectivity index (χ2n) is 3.86. The van der Waals surface area contributed by atoms with Crippen LogP contribution in [0, 0.1) is 0 Å². The Labute approximate surface area is 90.3 Å². The SMILES string of the molecule is O=C1Cn2c(c3c(cc2=O)C(=O)NCC3)N1. The van der Waals surface area contributed by atoms with Gasteiger partial charge in [-0.1, -0.05) is 0 Å². The van der Waals surface area contributed by atoms with Crippen LogP contribution >= 0.6 is 0 Å². The van der Waals surface area contributed by atoms with E-state index in [2.05, 4.69) is 10.6 Å². The normalized spacial score (nSPS) is 17.5. The van der Waals surface area contributed by atoms with E-state index in [1.165, 1.54) is 10.6 Å². The monoisotopic (exact) mass is 219 g/mol. The van der Waals surface area contributed by atoms with Crippen molar-refractivity contribution in [3.05, 3.63) is 27.5 Å². The minimum atomic E-state index is -0.316. The molecule has 0 fully saturated rings. The van der Waals surface area contributed by atoms with E-state index >= 15 is 0 Å². The Morgan fingerprint density at radius 2 is 2.06 bits per heavy atom. The van der Waals surface area contributed by atoms with E-state index in [1.54, 1.807) is 0 Å². The number of hydrogen-bond donors (Lipinski definition) is 2. The number of nitrogens with zero attached hydrogens (tertiary/aromatic N) is 1. The number of hydrogen-bond acceptors (Lipinski definition) is 3. The van der Waals surface area contributed by atoms with Crippen LogP contribution in [-0.4, -0.2) is 22.9 Å². The molecule has 3 heterocycles. The summed E-state index contributed by atoms with van der Waals surface area (Å²) in [6.07, 6.45) is 0.636. The first-order chi connectivity index (χ1) is 7.66. The van der Waals surface area contributed by atoms with Crippen molar-refractivity contribution in [2.75, 3.05) is 11.9 Å². The molecule has 1 aromatic rings. The molecule has 2 amide bonds. The average Bonchev–Trinajstić information content (AvgIpc) is 2.63. The van der Waals surface area contributed by atoms with Gasteiger partial charge in [0.25, 0.3) is 11.5 Å². The highest BCUT2D eigenvalue weighted by Crippen LogP contribution is 2.24. The molecule has 0 bridgehead atoms. The topological polar surface area (TPSA) is 80.2 Å². The predicted molar refractivity (Wildman–Crippen MR) is 55.4 cm³/mol. The molecule has 0 aliphatic carbocycles. The summed E-state index contributed by atoms with van der Waals surface area (Å²) in [5, 5.41) is 5.30. The van der Waals surface area contributed by atoms with Gasteiger partial charge in [0.15, 0.2) is 0 Å². The molecule has 2 aliphatic rings. The van der Waals surface area contributed by atoms with Gasteiger partial charge in [-0.2, -0.15) is 0 Å². The lowest BCUT2D eigenvalue weighted by atomic mass is 10.0. The molecule has 2 aliphatic heterocycles. The molecule has 6 nitrogen and oxygen atoms in total. The van der Waals surface area contributed by atoms with Gasteiger partial charge in [-0.15, -0.1) is 0 Å². The van der Waals surface area contributed by atoms with E-state index in [0.29, 0.717) is 24.3 Å². The summed E-state index contributed by atoms with van der Waals surface area (Å²) in [4.78, 5) is 34.5. The Morgan fingerprint density at radius 1 is 1.25 bits per heavy atom. The molecule has 0 spiro atoms. The zero-order valence-corrected chi connectivity index (χ0v) is 8.37. The van der Waals surface area contributed by atoms with Gasteiger partial charge < -0.3 is 10.6 Å². The third-order valence-electron chi connectivity index (χ3n) is 2.88. The summed E-state index contributed by atoms with van der Waals surface area (Å²) in [5.74, 6) is 0.0294. The van der Waals surface area contributed by atoms with Gasteiger partial charge in [-0.25, -0.2) is 0 Å². The Morgan fingerprint density at radius 3 is 2.88 bits per heavy atom. The van der Waals surface area contributed by atoms with Crippen molar-refractivity contribution in [1.29, 1.82) is 0 Å². The highest BCUT2D eigenvalue weighted by Gasteiger charge is 2.28. The summed E-state index contributed by atoms with van der Waals surface area (Å²) >= 11 is 0. The van der Waals surface area contributed by atoms with Crippen molar-refractivity contribution < 1.29 is 9.59 Å². The van der Waals surface area contributed by atoms with Crippen LogP contribution in [0.4, 0.5) is 5.82 Å². The summed E-state index contributed by atoms with van der Waals surface area (Å²) in [6, 6.07) is 1.30. The third kappa shape index (κ3) is 1.09. The van der Waals surface area contributed by atoms with Crippen molar-refractivity contribution in [3.8, 4) is 0 Å². The average molecular weight is 219 g/mol. The highest BCUT2D eigenvalue weighted by atomic mass is 16.2. The van der Waals surface area contributed by atoms with E-state index in [4.69, 9.17) is 0 Å². The molecule has 0 aromatic carbocycles. The smallest absolute Gasteiger partial charge is 0.253 e. The van der Waals surface area contributed by atoms with E-state index < -0.39 is 0 Å². The van der Waals surface area contributed by atoms with E-state index in [9.17, 15) is 14.4 Å². The van der Waals surface area contributed by atoms with Crippen LogP contribution in [0.2, 0.25) is 0 Å². The summed E-state index contributed by atoms with van der Waals surface area (Å²) in [6.45, 7) is 0.579. The second kappa shape index (κ2) is 2.94. The molecular weight excluding hydrogens is 210 g/mol. The van der Waals surface area contributed by atoms with E-state index in [1.807, 2.05) is 0 Å². The number of aromatic nitrogens is 1. The van der Waals surface area contributed by atoms with Crippen LogP contribution in [0.25, 0.3) is 0 Å². The van der Waals surface area contributed by atoms with Gasteiger partial charge in [-0.3, -0.25) is 19.0 Å². The Hall–Kier alpha value is -2.11. The molecule has 0 saturated carbocycles. The molecule has 82 valence electrons. The number of amides is 2. The number of anilines is 1. The molecule has 6 heteroatoms. The van der Waals surface area contributed by atoms with Crippen LogP contribution in [0.1, 0.15) is 15.9 Å². The van der Waals surface area contributed by atoms with E-state index in [0.717, 1.165) is 5.56 Å². The van der Waals surface area contributed by atoms with Crippen molar-refractivity contribution in [3.63, 3.8) is 0 Å². The molecule has 0 saturated heterocycles. The maximum Gasteiger partial charge on any atom is 0.253 e. The number of fused-ring (bicyclic) bond motifs is 3. The maximum absolute atomic E-state index is 11.7. The number of carbonyl (C=O) groups is 2. The molecular formula is C10H9N3O3. The molecule has 0 atom stereocenters. The maximum atomic E-state index is 11.7. The fourth-order valence-corrected chi connectivity index (χ4v) is 2.16. The Kier molecular flexibility index (Phi) is 1.68. The van der Waals surface area contributed by atoms with Crippen molar-refractivity contribution in [2.24, 2.45) is 0 Å². The standard InChI is InChI=1S/C10H9N3O3/c14-7-4-13-8(15)3-6-5(9(13)12-7)1-2-11-10(6)16/h3H,1-2,4H2,(H,11,16)(H,12,14). The number of carbonyl (C=O) groups excluding carboxylic acids is 2. The molecule has 3 rings (SSSR count). The van der Waals surface area contributed by atoms with Crippen LogP contribution in [0.15, 0.2) is 10.9 Å². The first kappa shape index (κ1) is 9.14. The minimum Gasteiger partial charge on any atom is -0.352 e. The van der Waals surface area contributed by atoms with Crippen molar-refractivity contribution >= 4 is 17.6 Å². The van der Waals surface area contributed by atoms with Crippen LogP contribution < -0.4 is 16.2 Å².